The van der Waals surface area contributed by atoms with Crippen LogP contribution in [-0.4, -0.2) is 43.9 Å². The van der Waals surface area contributed by atoms with E-state index in [1.807, 2.05) is 59.5 Å². The van der Waals surface area contributed by atoms with Crippen LogP contribution in [0.1, 0.15) is 63.0 Å². The molecular formula is C33H38N6O2. The van der Waals surface area contributed by atoms with Crippen molar-refractivity contribution in [2.75, 3.05) is 6.54 Å². The van der Waals surface area contributed by atoms with Crippen LogP contribution >= 0.6 is 0 Å². The van der Waals surface area contributed by atoms with E-state index in [0.717, 1.165) is 66.3 Å². The van der Waals surface area contributed by atoms with Gasteiger partial charge in [-0.15, -0.1) is 10.2 Å². The number of hydrogen-bond donors (Lipinski definition) is 2. The van der Waals surface area contributed by atoms with Gasteiger partial charge in [0.15, 0.2) is 0 Å². The number of amides is 2. The maximum absolute atomic E-state index is 13.6. The molecule has 4 aromatic rings. The van der Waals surface area contributed by atoms with Gasteiger partial charge in [0.05, 0.1) is 5.41 Å². The zero-order valence-electron chi connectivity index (χ0n) is 23.7. The van der Waals surface area contributed by atoms with Crippen LogP contribution in [0.5, 0.6) is 0 Å². The van der Waals surface area contributed by atoms with Gasteiger partial charge in [-0.05, 0) is 46.7 Å². The first kappa shape index (κ1) is 28.2. The van der Waals surface area contributed by atoms with Crippen LogP contribution < -0.4 is 5.32 Å². The first-order chi connectivity index (χ1) is 20.1. The molecule has 41 heavy (non-hydrogen) atoms. The molecule has 2 amide bonds. The third-order valence-corrected chi connectivity index (χ3v) is 8.08. The Labute approximate surface area is 241 Å². The molecule has 0 radical (unpaired) electrons. The zero-order valence-corrected chi connectivity index (χ0v) is 23.7. The quantitative estimate of drug-likeness (QED) is 0.228. The molecule has 0 unspecified atom stereocenters. The van der Waals surface area contributed by atoms with E-state index in [-0.39, 0.29) is 11.8 Å². The topological polar surface area (TPSA) is 104 Å². The van der Waals surface area contributed by atoms with E-state index >= 15 is 0 Å². The Bertz CT molecular complexity index is 1410. The van der Waals surface area contributed by atoms with Crippen LogP contribution in [0.15, 0.2) is 78.9 Å². The molecule has 0 saturated heterocycles. The summed E-state index contributed by atoms with van der Waals surface area (Å²) >= 11 is 0. The summed E-state index contributed by atoms with van der Waals surface area (Å²) in [5, 5.41) is 17.7. The molecule has 5 rings (SSSR count). The third kappa shape index (κ3) is 6.88. The normalized spacial score (nSPS) is 14.1. The molecule has 1 saturated carbocycles. The Morgan fingerprint density at radius 2 is 1.61 bits per heavy atom. The number of H-pyrrole nitrogens is 1. The van der Waals surface area contributed by atoms with Crippen LogP contribution in [0.2, 0.25) is 0 Å². The summed E-state index contributed by atoms with van der Waals surface area (Å²) < 4.78 is 0. The molecule has 8 heteroatoms. The predicted octanol–water partition coefficient (Wildman–Crippen LogP) is 5.93. The van der Waals surface area contributed by atoms with Crippen molar-refractivity contribution in [3.05, 3.63) is 90.0 Å². The number of aromatic nitrogens is 4. The molecule has 1 fully saturated rings. The highest BCUT2D eigenvalue weighted by molar-refractivity contribution is 5.85. The van der Waals surface area contributed by atoms with Gasteiger partial charge in [0, 0.05) is 31.6 Å². The van der Waals surface area contributed by atoms with Gasteiger partial charge >= 0.3 is 0 Å². The third-order valence-electron chi connectivity index (χ3n) is 8.08. The number of carbonyl (C=O) groups excluding carboxylic acids is 2. The second-order valence-corrected chi connectivity index (χ2v) is 11.0. The van der Waals surface area contributed by atoms with Crippen LogP contribution in [-0.2, 0) is 22.7 Å². The number of aromatic amines is 1. The number of hydrogen-bond acceptors (Lipinski definition) is 5. The SMILES string of the molecule is CCCCC(=O)N(Cc1ccc(-c2ccccc2-c2nn[nH]n2)cc1)CC1(C(=O)NCc2ccccc2)CCCC1. The lowest BCUT2D eigenvalue weighted by molar-refractivity contribution is -0.138. The van der Waals surface area contributed by atoms with Crippen molar-refractivity contribution >= 4 is 11.8 Å². The predicted molar refractivity (Wildman–Crippen MR) is 159 cm³/mol. The van der Waals surface area contributed by atoms with Crippen LogP contribution in [0.4, 0.5) is 0 Å². The van der Waals surface area contributed by atoms with Crippen LogP contribution in [0.3, 0.4) is 0 Å². The molecule has 1 aliphatic carbocycles. The number of nitrogens with one attached hydrogen (secondary N) is 2. The second kappa shape index (κ2) is 13.4. The number of rotatable bonds is 12. The lowest BCUT2D eigenvalue weighted by Crippen LogP contribution is -2.48. The first-order valence-electron chi connectivity index (χ1n) is 14.6. The molecule has 0 bridgehead atoms. The van der Waals surface area contributed by atoms with Crippen LogP contribution in [0, 0.1) is 5.41 Å². The Hall–Kier alpha value is -4.33. The van der Waals surface area contributed by atoms with E-state index in [1.54, 1.807) is 0 Å². The Morgan fingerprint density at radius 3 is 2.29 bits per heavy atom. The second-order valence-electron chi connectivity index (χ2n) is 11.0. The van der Waals surface area contributed by atoms with E-state index in [1.165, 1.54) is 0 Å². The highest BCUT2D eigenvalue weighted by atomic mass is 16.2. The van der Waals surface area contributed by atoms with Crippen molar-refractivity contribution in [1.82, 2.24) is 30.8 Å². The Morgan fingerprint density at radius 1 is 0.902 bits per heavy atom. The van der Waals surface area contributed by atoms with Gasteiger partial charge in [0.25, 0.3) is 0 Å². The van der Waals surface area contributed by atoms with E-state index in [9.17, 15) is 9.59 Å². The van der Waals surface area contributed by atoms with Gasteiger partial charge < -0.3 is 10.2 Å². The van der Waals surface area contributed by atoms with Gasteiger partial charge in [0.1, 0.15) is 0 Å². The molecule has 0 aliphatic heterocycles. The van der Waals surface area contributed by atoms with Gasteiger partial charge in [-0.3, -0.25) is 9.59 Å². The first-order valence-corrected chi connectivity index (χ1v) is 14.6. The van der Waals surface area contributed by atoms with Crippen molar-refractivity contribution in [2.24, 2.45) is 5.41 Å². The van der Waals surface area contributed by atoms with Gasteiger partial charge in [0.2, 0.25) is 17.6 Å². The number of benzene rings is 3. The van der Waals surface area contributed by atoms with Crippen LogP contribution in [0.25, 0.3) is 22.5 Å². The summed E-state index contributed by atoms with van der Waals surface area (Å²) in [5.74, 6) is 0.714. The summed E-state index contributed by atoms with van der Waals surface area (Å²) in [4.78, 5) is 29.0. The summed E-state index contributed by atoms with van der Waals surface area (Å²) in [6.45, 7) is 3.51. The highest BCUT2D eigenvalue weighted by Crippen LogP contribution is 2.40. The Kier molecular flexibility index (Phi) is 9.19. The molecule has 3 aromatic carbocycles. The highest BCUT2D eigenvalue weighted by Gasteiger charge is 2.43. The molecule has 0 atom stereocenters. The monoisotopic (exact) mass is 550 g/mol. The van der Waals surface area contributed by atoms with E-state index in [2.05, 4.69) is 57.1 Å². The number of nitrogens with zero attached hydrogens (tertiary/aromatic N) is 4. The zero-order chi connectivity index (χ0) is 28.5. The number of unbranched alkanes of at least 4 members (excludes halogenated alkanes) is 1. The van der Waals surface area contributed by atoms with Gasteiger partial charge in [-0.25, -0.2) is 0 Å². The Balaban J connectivity index is 1.34. The van der Waals surface area contributed by atoms with Crippen molar-refractivity contribution in [2.45, 2.75) is 65.0 Å². The minimum atomic E-state index is -0.555. The lowest BCUT2D eigenvalue weighted by Gasteiger charge is -2.35. The van der Waals surface area contributed by atoms with Gasteiger partial charge in [-0.2, -0.15) is 5.21 Å². The van der Waals surface area contributed by atoms with Crippen molar-refractivity contribution in [1.29, 1.82) is 0 Å². The van der Waals surface area contributed by atoms with Crippen molar-refractivity contribution < 1.29 is 9.59 Å². The number of tetrazole rings is 1. The van der Waals surface area contributed by atoms with E-state index in [0.29, 0.717) is 31.9 Å². The molecule has 8 nitrogen and oxygen atoms in total. The average Bonchev–Trinajstić information content (AvgIpc) is 3.73. The van der Waals surface area contributed by atoms with Crippen molar-refractivity contribution in [3.63, 3.8) is 0 Å². The maximum Gasteiger partial charge on any atom is 0.228 e. The average molecular weight is 551 g/mol. The smallest absolute Gasteiger partial charge is 0.228 e. The minimum absolute atomic E-state index is 0.0561. The molecule has 0 spiro atoms. The molecule has 212 valence electrons. The molecule has 1 aromatic heterocycles. The lowest BCUT2D eigenvalue weighted by atomic mass is 9.84. The summed E-state index contributed by atoms with van der Waals surface area (Å²) in [7, 11) is 0. The fraction of sp³-hybridized carbons (Fsp3) is 0.364. The fourth-order valence-corrected chi connectivity index (χ4v) is 5.77. The molecule has 2 N–H and O–H groups in total. The largest absolute Gasteiger partial charge is 0.351 e. The van der Waals surface area contributed by atoms with Crippen molar-refractivity contribution in [3.8, 4) is 22.5 Å². The molecule has 1 aliphatic rings. The molecular weight excluding hydrogens is 512 g/mol. The minimum Gasteiger partial charge on any atom is -0.351 e. The van der Waals surface area contributed by atoms with E-state index < -0.39 is 5.41 Å². The molecule has 1 heterocycles. The fourth-order valence-electron chi connectivity index (χ4n) is 5.77. The van der Waals surface area contributed by atoms with Gasteiger partial charge in [-0.1, -0.05) is 105 Å². The summed E-state index contributed by atoms with van der Waals surface area (Å²) in [6, 6.07) is 26.2. The maximum atomic E-state index is 13.6. The summed E-state index contributed by atoms with van der Waals surface area (Å²) in [5.41, 5.74) is 4.50. The standard InChI is InChI=1S/C33H38N6O2/c1-2-3-15-30(40)39(24-33(20-9-10-21-33)32(41)34-22-25-11-5-4-6-12-25)23-26-16-18-27(19-17-26)28-13-7-8-14-29(28)31-35-37-38-36-31/h4-8,11-14,16-19H,2-3,9-10,15,20-24H2,1H3,(H,34,41)(H,35,36,37,38). The summed E-state index contributed by atoms with van der Waals surface area (Å²) in [6.07, 6.45) is 5.90. The number of carbonyl (C=O) groups is 2. The van der Waals surface area contributed by atoms with E-state index in [4.69, 9.17) is 0 Å².